The Kier molecular flexibility index (Phi) is 14.7. The molecule has 248 valence electrons. The Morgan fingerprint density at radius 2 is 1.70 bits per heavy atom. The normalized spacial score (nSPS) is 21.3. The number of ether oxygens (including phenoxy) is 1. The minimum atomic E-state index is -4.78. The van der Waals surface area contributed by atoms with E-state index in [0.29, 0.717) is 31.2 Å². The van der Waals surface area contributed by atoms with Gasteiger partial charge in [-0.25, -0.2) is 4.79 Å². The lowest BCUT2D eigenvalue weighted by molar-refractivity contribution is -0.240. The molecule has 2 aliphatic rings. The van der Waals surface area contributed by atoms with E-state index < -0.39 is 19.4 Å². The first kappa shape index (κ1) is 36.5. The molecule has 1 N–H and O–H groups in total. The fourth-order valence-corrected chi connectivity index (χ4v) is 7.82. The minimum absolute atomic E-state index is 0.0353. The van der Waals surface area contributed by atoms with Crippen molar-refractivity contribution in [2.45, 2.75) is 148 Å². The summed E-state index contributed by atoms with van der Waals surface area (Å²) in [4.78, 5) is 27.1. The molecule has 8 heteroatoms. The van der Waals surface area contributed by atoms with Gasteiger partial charge in [-0.15, -0.1) is 0 Å². The van der Waals surface area contributed by atoms with E-state index in [-0.39, 0.29) is 42.8 Å². The highest BCUT2D eigenvalue weighted by molar-refractivity contribution is 7.46. The van der Waals surface area contributed by atoms with Crippen molar-refractivity contribution in [3.05, 3.63) is 47.1 Å². The van der Waals surface area contributed by atoms with E-state index >= 15 is 0 Å². The molecule has 1 aromatic carbocycles. The Labute approximate surface area is 266 Å². The highest BCUT2D eigenvalue weighted by Crippen LogP contribution is 2.50. The molecule has 44 heavy (non-hydrogen) atoms. The Balaban J connectivity index is 1.80. The molecule has 1 unspecified atom stereocenters. The number of hydrogen-bond donors (Lipinski definition) is 1. The van der Waals surface area contributed by atoms with Crippen LogP contribution in [0, 0.1) is 5.92 Å². The fourth-order valence-electron chi connectivity index (χ4n) is 6.73. The van der Waals surface area contributed by atoms with Gasteiger partial charge in [0.25, 0.3) is 7.82 Å². The molecular weight excluding hydrogens is 575 g/mol. The summed E-state index contributed by atoms with van der Waals surface area (Å²) in [5.41, 5.74) is 1.93. The Morgan fingerprint density at radius 1 is 1.05 bits per heavy atom. The number of aryl methyl sites for hydroxylation is 1. The summed E-state index contributed by atoms with van der Waals surface area (Å²) in [7, 11) is -4.78. The van der Waals surface area contributed by atoms with Gasteiger partial charge in [-0.1, -0.05) is 95.4 Å². The number of benzene rings is 1. The highest BCUT2D eigenvalue weighted by atomic mass is 31.2. The molecule has 1 fully saturated rings. The van der Waals surface area contributed by atoms with E-state index in [9.17, 15) is 19.4 Å². The van der Waals surface area contributed by atoms with E-state index in [2.05, 4.69) is 26.5 Å². The van der Waals surface area contributed by atoms with Gasteiger partial charge >= 0.3 is 5.97 Å². The molecular formula is C36H56O7P-. The number of carbonyl (C=O) groups excluding carboxylic acids is 1. The van der Waals surface area contributed by atoms with Crippen molar-refractivity contribution >= 4 is 13.8 Å². The second-order valence-electron chi connectivity index (χ2n) is 13.1. The third-order valence-corrected chi connectivity index (χ3v) is 10.3. The summed E-state index contributed by atoms with van der Waals surface area (Å²) in [5.74, 6) is -0.562. The van der Waals surface area contributed by atoms with E-state index in [1.807, 2.05) is 19.9 Å². The third-order valence-electron chi connectivity index (χ3n) is 9.20. The fraction of sp³-hybridized carbons (Fsp3) is 0.694. The number of carbonyl (C=O) groups is 1. The van der Waals surface area contributed by atoms with Gasteiger partial charge in [0.05, 0.1) is 6.61 Å². The average molecular weight is 632 g/mol. The van der Waals surface area contributed by atoms with Crippen LogP contribution < -0.4 is 9.63 Å². The molecule has 0 aliphatic heterocycles. The predicted molar refractivity (Wildman–Crippen MR) is 175 cm³/mol. The van der Waals surface area contributed by atoms with Gasteiger partial charge in [0.15, 0.2) is 5.60 Å². The van der Waals surface area contributed by atoms with Gasteiger partial charge in [0, 0.05) is 11.5 Å². The first-order valence-electron chi connectivity index (χ1n) is 17.1. The van der Waals surface area contributed by atoms with Crippen molar-refractivity contribution < 1.29 is 33.1 Å². The van der Waals surface area contributed by atoms with E-state index in [4.69, 9.17) is 13.8 Å². The SMILES string of the molecule is C=C(C)[C@@H]1CCC(C)=C[C@H]1c1c(O)cc(CCC)cc1OC(=O)C1(OP(=O)([O-])OCCCCCCCCCC)CCCCC1. The quantitative estimate of drug-likeness (QED) is 0.0565. The van der Waals surface area contributed by atoms with Crippen LogP contribution in [0.3, 0.4) is 0 Å². The lowest BCUT2D eigenvalue weighted by Crippen LogP contribution is -2.46. The van der Waals surface area contributed by atoms with Crippen LogP contribution in [0.2, 0.25) is 0 Å². The summed E-state index contributed by atoms with van der Waals surface area (Å²) >= 11 is 0. The third kappa shape index (κ3) is 10.6. The standard InChI is InChI=1S/C36H57O7P/c1-6-8-9-10-11-12-13-17-23-41-44(39,40)43-36(21-15-14-16-22-36)35(38)42-33-26-29(18-7-2)25-32(37)34(33)31-24-28(5)19-20-30(31)27(3)4/h24-26,30-31,37H,3,6-23H2,1-2,4-5H3,(H,39,40)/p-1/t30-,31+/m0/s1. The second-order valence-corrected chi connectivity index (χ2v) is 14.4. The molecule has 1 saturated carbocycles. The smallest absolute Gasteiger partial charge is 0.344 e. The number of rotatable bonds is 18. The van der Waals surface area contributed by atoms with Crippen LogP contribution in [0.1, 0.15) is 147 Å². The first-order valence-corrected chi connectivity index (χ1v) is 18.5. The van der Waals surface area contributed by atoms with Crippen LogP contribution in [0.15, 0.2) is 35.9 Å². The maximum Gasteiger partial charge on any atom is 0.344 e. The van der Waals surface area contributed by atoms with Gasteiger partial charge in [0.1, 0.15) is 11.5 Å². The summed E-state index contributed by atoms with van der Waals surface area (Å²) in [5, 5.41) is 11.3. The van der Waals surface area contributed by atoms with Crippen molar-refractivity contribution in [2.75, 3.05) is 6.61 Å². The maximum absolute atomic E-state index is 14.0. The van der Waals surface area contributed by atoms with Crippen LogP contribution in [-0.4, -0.2) is 23.3 Å². The van der Waals surface area contributed by atoms with Crippen LogP contribution in [0.25, 0.3) is 0 Å². The van der Waals surface area contributed by atoms with Gasteiger partial charge < -0.3 is 19.3 Å². The molecule has 0 aromatic heterocycles. The summed E-state index contributed by atoms with van der Waals surface area (Å²) in [6.45, 7) is 12.5. The van der Waals surface area contributed by atoms with Crippen molar-refractivity contribution in [3.8, 4) is 11.5 Å². The topological polar surface area (TPSA) is 105 Å². The lowest BCUT2D eigenvalue weighted by Gasteiger charge is -2.39. The molecule has 0 radical (unpaired) electrons. The van der Waals surface area contributed by atoms with Crippen LogP contribution in [0.4, 0.5) is 0 Å². The van der Waals surface area contributed by atoms with Crippen LogP contribution in [0.5, 0.6) is 11.5 Å². The molecule has 3 atom stereocenters. The number of phenolic OH excluding ortho intramolecular Hbond substituents is 1. The lowest BCUT2D eigenvalue weighted by atomic mass is 9.73. The summed E-state index contributed by atoms with van der Waals surface area (Å²) < 4.78 is 30.1. The molecule has 0 amide bonds. The zero-order valence-corrected chi connectivity index (χ0v) is 28.6. The van der Waals surface area contributed by atoms with Crippen molar-refractivity contribution in [1.29, 1.82) is 0 Å². The first-order chi connectivity index (χ1) is 21.0. The number of phenols is 1. The molecule has 7 nitrogen and oxygen atoms in total. The van der Waals surface area contributed by atoms with E-state index in [1.54, 1.807) is 6.07 Å². The molecule has 3 rings (SSSR count). The van der Waals surface area contributed by atoms with Crippen molar-refractivity contribution in [1.82, 2.24) is 0 Å². The average Bonchev–Trinajstić information content (AvgIpc) is 2.96. The number of phosphoric ester groups is 1. The van der Waals surface area contributed by atoms with Crippen LogP contribution >= 0.6 is 7.82 Å². The predicted octanol–water partition coefficient (Wildman–Crippen LogP) is 9.61. The number of esters is 1. The van der Waals surface area contributed by atoms with E-state index in [0.717, 1.165) is 56.1 Å². The Bertz CT molecular complexity index is 1170. The number of aromatic hydroxyl groups is 1. The zero-order valence-electron chi connectivity index (χ0n) is 27.7. The molecule has 0 saturated heterocycles. The largest absolute Gasteiger partial charge is 0.756 e. The molecule has 0 heterocycles. The number of allylic oxidation sites excluding steroid dienone is 3. The molecule has 0 bridgehead atoms. The number of unbranched alkanes of at least 4 members (excludes halogenated alkanes) is 7. The van der Waals surface area contributed by atoms with Crippen molar-refractivity contribution in [3.63, 3.8) is 0 Å². The van der Waals surface area contributed by atoms with Crippen molar-refractivity contribution in [2.24, 2.45) is 5.92 Å². The number of hydrogen-bond acceptors (Lipinski definition) is 7. The minimum Gasteiger partial charge on any atom is -0.756 e. The maximum atomic E-state index is 14.0. The monoisotopic (exact) mass is 631 g/mol. The zero-order chi connectivity index (χ0) is 32.2. The molecule has 1 aromatic rings. The number of phosphoric acid groups is 1. The van der Waals surface area contributed by atoms with Gasteiger partial charge in [-0.05, 0) is 88.8 Å². The summed E-state index contributed by atoms with van der Waals surface area (Å²) in [6.07, 6.45) is 16.7. The van der Waals surface area contributed by atoms with Crippen LogP contribution in [-0.2, 0) is 24.8 Å². The van der Waals surface area contributed by atoms with Gasteiger partial charge in [-0.2, -0.15) is 0 Å². The summed E-state index contributed by atoms with van der Waals surface area (Å²) in [6, 6.07) is 3.57. The molecule has 2 aliphatic carbocycles. The Hall–Kier alpha value is -1.92. The van der Waals surface area contributed by atoms with Gasteiger partial charge in [0.2, 0.25) is 0 Å². The molecule has 0 spiro atoms. The second kappa shape index (κ2) is 17.7. The van der Waals surface area contributed by atoms with Gasteiger partial charge in [-0.3, -0.25) is 9.09 Å². The Morgan fingerprint density at radius 3 is 2.34 bits per heavy atom. The highest BCUT2D eigenvalue weighted by Gasteiger charge is 2.46. The van der Waals surface area contributed by atoms with E-state index in [1.165, 1.54) is 31.3 Å².